The lowest BCUT2D eigenvalue weighted by Gasteiger charge is -2.11. The van der Waals surface area contributed by atoms with E-state index in [1.807, 2.05) is 0 Å². The highest BCUT2D eigenvalue weighted by atomic mass is 32.2. The highest BCUT2D eigenvalue weighted by molar-refractivity contribution is 7.89. The van der Waals surface area contributed by atoms with Gasteiger partial charge in [0, 0.05) is 13.2 Å². The molecule has 1 aliphatic heterocycles. The van der Waals surface area contributed by atoms with Gasteiger partial charge in [0.15, 0.2) is 4.90 Å². The first kappa shape index (κ1) is 15.7. The first-order valence-corrected chi connectivity index (χ1v) is 8.04. The van der Waals surface area contributed by atoms with Gasteiger partial charge in [-0.3, -0.25) is 10.1 Å². The molecule has 1 aliphatic rings. The van der Waals surface area contributed by atoms with Crippen LogP contribution in [0.2, 0.25) is 0 Å². The number of nitrogens with one attached hydrogen (secondary N) is 1. The predicted octanol–water partition coefficient (Wildman–Crippen LogP) is 1.02. The number of para-hydroxylation sites is 1. The van der Waals surface area contributed by atoms with Crippen LogP contribution in [0.25, 0.3) is 0 Å². The Bertz CT molecular complexity index is 626. The minimum Gasteiger partial charge on any atom is -0.393 e. The van der Waals surface area contributed by atoms with Crippen molar-refractivity contribution in [2.75, 3.05) is 18.9 Å². The van der Waals surface area contributed by atoms with Gasteiger partial charge in [-0.25, -0.2) is 13.1 Å². The molecule has 1 heterocycles. The van der Waals surface area contributed by atoms with Crippen molar-refractivity contribution in [3.05, 3.63) is 28.3 Å². The van der Waals surface area contributed by atoms with E-state index in [4.69, 9.17) is 10.5 Å². The maximum absolute atomic E-state index is 12.2. The fourth-order valence-corrected chi connectivity index (χ4v) is 3.50. The third-order valence-electron chi connectivity index (χ3n) is 3.28. The molecular weight excluding hydrogens is 298 g/mol. The lowest BCUT2D eigenvalue weighted by Crippen LogP contribution is -2.28. The second kappa shape index (κ2) is 6.37. The Morgan fingerprint density at radius 1 is 1.48 bits per heavy atom. The topological polar surface area (TPSA) is 125 Å². The van der Waals surface area contributed by atoms with Crippen molar-refractivity contribution in [2.45, 2.75) is 30.3 Å². The normalized spacial score (nSPS) is 18.8. The molecule has 0 saturated carbocycles. The lowest BCUT2D eigenvalue weighted by atomic mass is 10.2. The number of rotatable bonds is 6. The number of hydrogen-bond acceptors (Lipinski definition) is 6. The van der Waals surface area contributed by atoms with Crippen LogP contribution in [0.3, 0.4) is 0 Å². The van der Waals surface area contributed by atoms with Crippen LogP contribution in [-0.4, -0.2) is 32.6 Å². The number of anilines is 1. The van der Waals surface area contributed by atoms with Crippen molar-refractivity contribution in [3.63, 3.8) is 0 Å². The smallest absolute Gasteiger partial charge is 0.312 e. The molecule has 0 bridgehead atoms. The fraction of sp³-hybridized carbons (Fsp3) is 0.500. The second-order valence-corrected chi connectivity index (χ2v) is 6.51. The van der Waals surface area contributed by atoms with Gasteiger partial charge in [0.25, 0.3) is 0 Å². The highest BCUT2D eigenvalue weighted by Crippen LogP contribution is 2.29. The van der Waals surface area contributed by atoms with Gasteiger partial charge in [-0.15, -0.1) is 0 Å². The van der Waals surface area contributed by atoms with E-state index in [0.29, 0.717) is 13.0 Å². The average Bonchev–Trinajstić information content (AvgIpc) is 2.91. The number of nitro groups is 1. The zero-order valence-electron chi connectivity index (χ0n) is 11.3. The van der Waals surface area contributed by atoms with Crippen molar-refractivity contribution in [1.29, 1.82) is 0 Å². The molecule has 9 heteroatoms. The molecule has 0 amide bonds. The van der Waals surface area contributed by atoms with Crippen molar-refractivity contribution < 1.29 is 18.1 Å². The number of ether oxygens (including phenoxy) is 1. The van der Waals surface area contributed by atoms with E-state index in [1.165, 1.54) is 18.2 Å². The average molecular weight is 315 g/mol. The summed E-state index contributed by atoms with van der Waals surface area (Å²) in [6.07, 6.45) is 2.46. The van der Waals surface area contributed by atoms with Gasteiger partial charge >= 0.3 is 5.69 Å². The van der Waals surface area contributed by atoms with Crippen LogP contribution in [0.15, 0.2) is 23.1 Å². The van der Waals surface area contributed by atoms with Gasteiger partial charge in [-0.05, 0) is 31.4 Å². The van der Waals surface area contributed by atoms with Crippen molar-refractivity contribution >= 4 is 21.4 Å². The molecule has 8 nitrogen and oxygen atoms in total. The minimum atomic E-state index is -3.98. The summed E-state index contributed by atoms with van der Waals surface area (Å²) in [6.45, 7) is 0.858. The third-order valence-corrected chi connectivity index (χ3v) is 4.78. The van der Waals surface area contributed by atoms with Gasteiger partial charge < -0.3 is 10.5 Å². The molecule has 116 valence electrons. The Kier molecular flexibility index (Phi) is 4.76. The molecular formula is C12H17N3O5S. The predicted molar refractivity (Wildman–Crippen MR) is 76.3 cm³/mol. The number of nitrogens with two attached hydrogens (primary N) is 1. The van der Waals surface area contributed by atoms with Crippen molar-refractivity contribution in [3.8, 4) is 0 Å². The van der Waals surface area contributed by atoms with E-state index >= 15 is 0 Å². The molecule has 0 spiro atoms. The molecule has 1 aromatic rings. The van der Waals surface area contributed by atoms with Gasteiger partial charge in [0.1, 0.15) is 5.69 Å². The molecule has 0 aliphatic carbocycles. The van der Waals surface area contributed by atoms with Crippen LogP contribution in [0, 0.1) is 10.1 Å². The fourth-order valence-electron chi connectivity index (χ4n) is 2.26. The number of nitrogens with zero attached hydrogens (tertiary/aromatic N) is 1. The molecule has 1 unspecified atom stereocenters. The standard InChI is InChI=1S/C12H17N3O5S/c13-10-4-1-5-11(12(10)15(16)17)21(18,19)14-7-6-9-3-2-8-20-9/h1,4-5,9,14H,2-3,6-8,13H2. The summed E-state index contributed by atoms with van der Waals surface area (Å²) in [5.74, 6) is 0. The summed E-state index contributed by atoms with van der Waals surface area (Å²) < 4.78 is 32.1. The van der Waals surface area contributed by atoms with Crippen molar-refractivity contribution in [2.24, 2.45) is 0 Å². The molecule has 1 saturated heterocycles. The molecule has 1 atom stereocenters. The monoisotopic (exact) mass is 315 g/mol. The highest BCUT2D eigenvalue weighted by Gasteiger charge is 2.28. The van der Waals surface area contributed by atoms with Crippen LogP contribution in [0.5, 0.6) is 0 Å². The molecule has 0 aromatic heterocycles. The summed E-state index contributed by atoms with van der Waals surface area (Å²) in [6, 6.07) is 3.84. The van der Waals surface area contributed by atoms with E-state index < -0.39 is 25.5 Å². The second-order valence-electron chi connectivity index (χ2n) is 4.77. The van der Waals surface area contributed by atoms with Gasteiger partial charge in [-0.2, -0.15) is 0 Å². The molecule has 0 radical (unpaired) electrons. The maximum Gasteiger partial charge on any atom is 0.312 e. The molecule has 3 N–H and O–H groups in total. The summed E-state index contributed by atoms with van der Waals surface area (Å²) in [5, 5.41) is 11.0. The first-order chi connectivity index (χ1) is 9.92. The quantitative estimate of drug-likeness (QED) is 0.459. The van der Waals surface area contributed by atoms with E-state index in [2.05, 4.69) is 4.72 Å². The largest absolute Gasteiger partial charge is 0.393 e. The number of hydrogen-bond donors (Lipinski definition) is 2. The lowest BCUT2D eigenvalue weighted by molar-refractivity contribution is -0.386. The van der Waals surface area contributed by atoms with E-state index in [0.717, 1.165) is 12.8 Å². The zero-order chi connectivity index (χ0) is 15.5. The van der Waals surface area contributed by atoms with Gasteiger partial charge in [0.2, 0.25) is 10.0 Å². The Balaban J connectivity index is 2.12. The Morgan fingerprint density at radius 3 is 2.86 bits per heavy atom. The zero-order valence-corrected chi connectivity index (χ0v) is 12.1. The van der Waals surface area contributed by atoms with Crippen molar-refractivity contribution in [1.82, 2.24) is 4.72 Å². The summed E-state index contributed by atoms with van der Waals surface area (Å²) in [7, 11) is -3.98. The summed E-state index contributed by atoms with van der Waals surface area (Å²) >= 11 is 0. The Labute approximate surface area is 122 Å². The summed E-state index contributed by atoms with van der Waals surface area (Å²) in [5.41, 5.74) is 4.72. The van der Waals surface area contributed by atoms with Gasteiger partial charge in [0.05, 0.1) is 11.0 Å². The maximum atomic E-state index is 12.2. The van der Waals surface area contributed by atoms with Crippen LogP contribution in [0.1, 0.15) is 19.3 Å². The van der Waals surface area contributed by atoms with E-state index in [-0.39, 0.29) is 18.3 Å². The van der Waals surface area contributed by atoms with Crippen LogP contribution in [-0.2, 0) is 14.8 Å². The molecule has 1 fully saturated rings. The van der Waals surface area contributed by atoms with Gasteiger partial charge in [-0.1, -0.05) is 6.07 Å². The molecule has 2 rings (SSSR count). The molecule has 21 heavy (non-hydrogen) atoms. The van der Waals surface area contributed by atoms with E-state index in [1.54, 1.807) is 0 Å². The number of nitro benzene ring substituents is 1. The molecule has 1 aromatic carbocycles. The number of nitrogen functional groups attached to an aromatic ring is 1. The third kappa shape index (κ3) is 3.69. The Hall–Kier alpha value is -1.71. The summed E-state index contributed by atoms with van der Waals surface area (Å²) in [4.78, 5) is 9.78. The SMILES string of the molecule is Nc1cccc(S(=O)(=O)NCCC2CCCO2)c1[N+](=O)[O-]. The number of sulfonamides is 1. The Morgan fingerprint density at radius 2 is 2.24 bits per heavy atom. The van der Waals surface area contributed by atoms with Crippen LogP contribution in [0.4, 0.5) is 11.4 Å². The van der Waals surface area contributed by atoms with E-state index in [9.17, 15) is 18.5 Å². The van der Waals surface area contributed by atoms with Crippen LogP contribution >= 0.6 is 0 Å². The first-order valence-electron chi connectivity index (χ1n) is 6.56. The minimum absolute atomic E-state index is 0.0449. The number of benzene rings is 1. The van der Waals surface area contributed by atoms with Crippen LogP contribution < -0.4 is 10.5 Å².